The highest BCUT2D eigenvalue weighted by Crippen LogP contribution is 2.15. The second-order valence-corrected chi connectivity index (χ2v) is 19.1. The van der Waals surface area contributed by atoms with E-state index in [4.69, 9.17) is 43.0 Å². The third kappa shape index (κ3) is 48.4. The van der Waals surface area contributed by atoms with Crippen LogP contribution in [0.2, 0.25) is 0 Å². The molecular formula is C57H96O18. The molecule has 75 heavy (non-hydrogen) atoms. The van der Waals surface area contributed by atoms with Gasteiger partial charge in [0.2, 0.25) is 0 Å². The van der Waals surface area contributed by atoms with E-state index < -0.39 is 17.9 Å². The predicted molar refractivity (Wildman–Crippen MR) is 281 cm³/mol. The Morgan fingerprint density at radius 2 is 0.640 bits per heavy atom. The van der Waals surface area contributed by atoms with Gasteiger partial charge in [0.05, 0.1) is 65.2 Å². The number of carbonyl (C=O) groups is 9. The molecule has 432 valence electrons. The molecule has 0 aromatic carbocycles. The molecule has 18 nitrogen and oxygen atoms in total. The molecule has 0 aromatic rings. The number of carboxylic acids is 1. The van der Waals surface area contributed by atoms with E-state index in [-0.39, 0.29) is 107 Å². The SMILES string of the molecule is C=CCC(CC(=O)OCCCCCC(=O)OCCCCCC(=O)OCCCCCC(=O)OCCCCCC(=O)OCCCCCC(=O)OCCCCCC(=O)OCCCCCC(=O)OCC(CC)CCCC)C(=O)O. The van der Waals surface area contributed by atoms with Crippen LogP contribution in [0.15, 0.2) is 12.7 Å². The lowest BCUT2D eigenvalue weighted by molar-refractivity contribution is -0.151. The molecule has 0 aromatic heterocycles. The second kappa shape index (κ2) is 51.1. The van der Waals surface area contributed by atoms with Crippen LogP contribution in [0.4, 0.5) is 0 Å². The Bertz CT molecular complexity index is 1560. The highest BCUT2D eigenvalue weighted by molar-refractivity contribution is 5.79. The van der Waals surface area contributed by atoms with Crippen molar-refractivity contribution in [2.45, 2.75) is 232 Å². The number of allylic oxidation sites excluding steroid dienone is 1. The molecular weight excluding hydrogens is 973 g/mol. The Morgan fingerprint density at radius 1 is 0.373 bits per heavy atom. The third-order valence-corrected chi connectivity index (χ3v) is 12.3. The minimum Gasteiger partial charge on any atom is -0.481 e. The molecule has 0 rings (SSSR count). The van der Waals surface area contributed by atoms with E-state index in [1.807, 2.05) is 0 Å². The number of carbonyl (C=O) groups excluding carboxylic acids is 8. The predicted octanol–water partition coefficient (Wildman–Crippen LogP) is 11.1. The lowest BCUT2D eigenvalue weighted by Gasteiger charge is -2.14. The molecule has 1 N–H and O–H groups in total. The average Bonchev–Trinajstić information content (AvgIpc) is 3.38. The fourth-order valence-electron chi connectivity index (χ4n) is 7.49. The van der Waals surface area contributed by atoms with Gasteiger partial charge in [0.1, 0.15) is 0 Å². The van der Waals surface area contributed by atoms with Crippen molar-refractivity contribution >= 4 is 53.7 Å². The Labute approximate surface area is 448 Å². The van der Waals surface area contributed by atoms with Crippen molar-refractivity contribution in [3.63, 3.8) is 0 Å². The first-order valence-corrected chi connectivity index (χ1v) is 28.4. The van der Waals surface area contributed by atoms with Crippen LogP contribution >= 0.6 is 0 Å². The summed E-state index contributed by atoms with van der Waals surface area (Å²) in [5, 5.41) is 9.09. The highest BCUT2D eigenvalue weighted by Gasteiger charge is 2.21. The molecule has 0 amide bonds. The van der Waals surface area contributed by atoms with Crippen LogP contribution in [0.25, 0.3) is 0 Å². The molecule has 0 aliphatic heterocycles. The van der Waals surface area contributed by atoms with Gasteiger partial charge in [-0.1, -0.05) is 39.2 Å². The molecule has 2 unspecified atom stereocenters. The molecule has 0 aliphatic carbocycles. The lowest BCUT2D eigenvalue weighted by Crippen LogP contribution is -2.19. The number of aliphatic carboxylic acids is 1. The van der Waals surface area contributed by atoms with E-state index in [2.05, 4.69) is 20.4 Å². The van der Waals surface area contributed by atoms with Crippen molar-refractivity contribution < 1.29 is 86.2 Å². The zero-order chi connectivity index (χ0) is 55.4. The maximum absolute atomic E-state index is 12.1. The fraction of sp³-hybridized carbons (Fsp3) is 0.807. The van der Waals surface area contributed by atoms with E-state index in [9.17, 15) is 43.2 Å². The van der Waals surface area contributed by atoms with E-state index in [0.29, 0.717) is 148 Å². The van der Waals surface area contributed by atoms with Crippen molar-refractivity contribution in [2.75, 3.05) is 52.9 Å². The molecule has 0 fully saturated rings. The van der Waals surface area contributed by atoms with Crippen molar-refractivity contribution in [1.29, 1.82) is 0 Å². The normalized spacial score (nSPS) is 11.7. The zero-order valence-electron chi connectivity index (χ0n) is 46.0. The summed E-state index contributed by atoms with van der Waals surface area (Å²) in [4.78, 5) is 107. The Morgan fingerprint density at radius 3 is 0.880 bits per heavy atom. The summed E-state index contributed by atoms with van der Waals surface area (Å²) in [5.74, 6) is -3.85. The first-order chi connectivity index (χ1) is 36.3. The summed E-state index contributed by atoms with van der Waals surface area (Å²) in [6, 6.07) is 0. The minimum absolute atomic E-state index is 0.155. The molecule has 0 radical (unpaired) electrons. The molecule has 0 heterocycles. The molecule has 0 spiro atoms. The van der Waals surface area contributed by atoms with Crippen LogP contribution in [0.1, 0.15) is 232 Å². The van der Waals surface area contributed by atoms with Gasteiger partial charge in [0, 0.05) is 44.9 Å². The van der Waals surface area contributed by atoms with Gasteiger partial charge in [-0.15, -0.1) is 6.58 Å². The van der Waals surface area contributed by atoms with E-state index in [1.165, 1.54) is 6.08 Å². The van der Waals surface area contributed by atoms with Gasteiger partial charge >= 0.3 is 53.7 Å². The number of esters is 8. The third-order valence-electron chi connectivity index (χ3n) is 12.3. The second-order valence-electron chi connectivity index (χ2n) is 19.1. The van der Waals surface area contributed by atoms with Crippen molar-refractivity contribution in [2.24, 2.45) is 11.8 Å². The quantitative estimate of drug-likeness (QED) is 0.0257. The average molecular weight is 1070 g/mol. The van der Waals surface area contributed by atoms with Crippen LogP contribution in [-0.2, 0) is 81.0 Å². The minimum atomic E-state index is -1.06. The largest absolute Gasteiger partial charge is 0.481 e. The summed E-state index contributed by atoms with van der Waals surface area (Å²) in [7, 11) is 0. The van der Waals surface area contributed by atoms with Gasteiger partial charge in [-0.2, -0.15) is 0 Å². The summed E-state index contributed by atoms with van der Waals surface area (Å²) in [6.45, 7) is 10.2. The maximum Gasteiger partial charge on any atom is 0.307 e. The molecule has 0 saturated carbocycles. The van der Waals surface area contributed by atoms with Crippen LogP contribution in [0, 0.1) is 11.8 Å². The zero-order valence-corrected chi connectivity index (χ0v) is 46.0. The number of unbranched alkanes of at least 4 members (excludes halogenated alkanes) is 15. The van der Waals surface area contributed by atoms with Gasteiger partial charge in [-0.25, -0.2) is 0 Å². The Kier molecular flexibility index (Phi) is 47.7. The highest BCUT2D eigenvalue weighted by atomic mass is 16.6. The summed E-state index contributed by atoms with van der Waals surface area (Å²) >= 11 is 0. The number of ether oxygens (including phenoxy) is 8. The van der Waals surface area contributed by atoms with Gasteiger partial charge in [-0.3, -0.25) is 43.2 Å². The number of rotatable bonds is 53. The smallest absolute Gasteiger partial charge is 0.307 e. The van der Waals surface area contributed by atoms with Gasteiger partial charge in [-0.05, 0) is 154 Å². The topological polar surface area (TPSA) is 248 Å². The monoisotopic (exact) mass is 1070 g/mol. The number of carboxylic acid groups (broad SMARTS) is 1. The summed E-state index contributed by atoms with van der Waals surface area (Å²) in [6.07, 6.45) is 22.0. The van der Waals surface area contributed by atoms with Crippen molar-refractivity contribution in [1.82, 2.24) is 0 Å². The fourth-order valence-corrected chi connectivity index (χ4v) is 7.49. The van der Waals surface area contributed by atoms with Crippen LogP contribution < -0.4 is 0 Å². The standard InChI is InChI=1S/C57H96O18/c1-4-7-30-47(6-3)46-75-55(64)37-21-14-27-43-73-53(62)35-19-12-25-41-71-51(60)33-17-10-23-39-69-49(58)31-15-8-22-38-68-50(59)32-16-9-24-40-70-52(61)34-18-11-26-42-72-54(63)36-20-13-28-44-74-56(65)45-48(29-5-2)57(66)67/h5,47-48H,2,4,6-46H2,1,3H3,(H,66,67). The van der Waals surface area contributed by atoms with Crippen molar-refractivity contribution in [3.8, 4) is 0 Å². The van der Waals surface area contributed by atoms with Crippen LogP contribution in [-0.4, -0.2) is 112 Å². The number of hydrogen-bond acceptors (Lipinski definition) is 17. The first kappa shape index (κ1) is 70.0. The first-order valence-electron chi connectivity index (χ1n) is 28.4. The summed E-state index contributed by atoms with van der Waals surface area (Å²) in [5.41, 5.74) is 0. The molecule has 0 bridgehead atoms. The van der Waals surface area contributed by atoms with Gasteiger partial charge in [0.15, 0.2) is 0 Å². The molecule has 0 aliphatic rings. The Balaban J connectivity index is 3.55. The van der Waals surface area contributed by atoms with Gasteiger partial charge in [0.25, 0.3) is 0 Å². The van der Waals surface area contributed by atoms with Crippen molar-refractivity contribution in [3.05, 3.63) is 12.7 Å². The van der Waals surface area contributed by atoms with E-state index in [0.717, 1.165) is 64.2 Å². The maximum atomic E-state index is 12.1. The van der Waals surface area contributed by atoms with Crippen LogP contribution in [0.5, 0.6) is 0 Å². The van der Waals surface area contributed by atoms with Gasteiger partial charge < -0.3 is 43.0 Å². The molecule has 18 heteroatoms. The van der Waals surface area contributed by atoms with E-state index in [1.54, 1.807) is 0 Å². The number of hydrogen-bond donors (Lipinski definition) is 1. The van der Waals surface area contributed by atoms with Crippen LogP contribution in [0.3, 0.4) is 0 Å². The molecule has 2 atom stereocenters. The molecule has 0 saturated heterocycles. The lowest BCUT2D eigenvalue weighted by atomic mass is 10.0. The van der Waals surface area contributed by atoms with E-state index >= 15 is 0 Å². The summed E-state index contributed by atoms with van der Waals surface area (Å²) < 4.78 is 42.2. The Hall–Kier alpha value is -5.03.